The first-order chi connectivity index (χ1) is 13.7. The number of sulfonamides is 1. The van der Waals surface area contributed by atoms with Gasteiger partial charge in [0.05, 0.1) is 15.5 Å². The molecule has 2 aromatic heterocycles. The molecule has 1 aromatic carbocycles. The molecule has 3 rings (SSSR count). The highest BCUT2D eigenvalue weighted by Gasteiger charge is 2.09. The second-order valence-electron chi connectivity index (χ2n) is 6.23. The van der Waals surface area contributed by atoms with E-state index in [4.69, 9.17) is 5.14 Å². The summed E-state index contributed by atoms with van der Waals surface area (Å²) in [7, 11) is -0.337. The minimum Gasteiger partial charge on any atom is -0.345 e. The van der Waals surface area contributed by atoms with Gasteiger partial charge in [0.2, 0.25) is 21.9 Å². The number of primary sulfonamides is 1. The van der Waals surface area contributed by atoms with Crippen LogP contribution < -0.4 is 10.5 Å². The molecule has 0 unspecified atom stereocenters. The number of nitrogens with two attached hydrogens (primary N) is 1. The monoisotopic (exact) mass is 429 g/mol. The lowest BCUT2D eigenvalue weighted by Gasteiger charge is -2.06. The SMILES string of the molecule is CN(C)C(=O)C=Cc1ccc(-c2ccnc(Nc3ccc(S(N)(=O)=O)cc3)n2)s1. The van der Waals surface area contributed by atoms with E-state index in [-0.39, 0.29) is 10.8 Å². The van der Waals surface area contributed by atoms with Crippen LogP contribution in [0.3, 0.4) is 0 Å². The Hall–Kier alpha value is -3.08. The van der Waals surface area contributed by atoms with Gasteiger partial charge in [0, 0.05) is 36.9 Å². The number of thiophene rings is 1. The Kier molecular flexibility index (Phi) is 6.06. The summed E-state index contributed by atoms with van der Waals surface area (Å²) in [6, 6.07) is 11.6. The van der Waals surface area contributed by atoms with Crippen molar-refractivity contribution in [2.24, 2.45) is 5.14 Å². The number of aromatic nitrogens is 2. The summed E-state index contributed by atoms with van der Waals surface area (Å²) in [4.78, 5) is 23.7. The van der Waals surface area contributed by atoms with Gasteiger partial charge in [-0.15, -0.1) is 11.3 Å². The van der Waals surface area contributed by atoms with Crippen molar-refractivity contribution in [1.29, 1.82) is 0 Å². The largest absolute Gasteiger partial charge is 0.345 e. The highest BCUT2D eigenvalue weighted by atomic mass is 32.2. The molecule has 0 spiro atoms. The van der Waals surface area contributed by atoms with E-state index in [1.165, 1.54) is 34.4 Å². The average molecular weight is 430 g/mol. The minimum atomic E-state index is -3.73. The Morgan fingerprint density at radius 3 is 2.52 bits per heavy atom. The summed E-state index contributed by atoms with van der Waals surface area (Å²) < 4.78 is 22.7. The van der Waals surface area contributed by atoms with Crippen LogP contribution in [0.15, 0.2) is 59.6 Å². The summed E-state index contributed by atoms with van der Waals surface area (Å²) >= 11 is 1.50. The van der Waals surface area contributed by atoms with E-state index in [0.717, 1.165) is 15.4 Å². The fourth-order valence-corrected chi connectivity index (χ4v) is 3.69. The molecule has 10 heteroatoms. The van der Waals surface area contributed by atoms with Gasteiger partial charge in [0.25, 0.3) is 0 Å². The number of carbonyl (C=O) groups excluding carboxylic acids is 1. The molecule has 0 saturated carbocycles. The van der Waals surface area contributed by atoms with Gasteiger partial charge in [-0.25, -0.2) is 23.5 Å². The van der Waals surface area contributed by atoms with E-state index in [1.54, 1.807) is 44.6 Å². The first-order valence-corrected chi connectivity index (χ1v) is 10.8. The van der Waals surface area contributed by atoms with Crippen molar-refractivity contribution in [3.63, 3.8) is 0 Å². The van der Waals surface area contributed by atoms with Gasteiger partial charge in [-0.05, 0) is 48.5 Å². The molecule has 0 aliphatic heterocycles. The molecular formula is C19H19N5O3S2. The van der Waals surface area contributed by atoms with Gasteiger partial charge >= 0.3 is 0 Å². The third-order valence-corrected chi connectivity index (χ3v) is 5.81. The summed E-state index contributed by atoms with van der Waals surface area (Å²) in [5.41, 5.74) is 1.36. The number of hydrogen-bond donors (Lipinski definition) is 2. The molecule has 0 saturated heterocycles. The van der Waals surface area contributed by atoms with Gasteiger partial charge in [0.1, 0.15) is 0 Å². The zero-order valence-electron chi connectivity index (χ0n) is 15.7. The molecule has 0 fully saturated rings. The molecule has 0 radical (unpaired) electrons. The smallest absolute Gasteiger partial charge is 0.246 e. The Labute approximate surface area is 172 Å². The van der Waals surface area contributed by atoms with Crippen molar-refractivity contribution in [2.75, 3.05) is 19.4 Å². The summed E-state index contributed by atoms with van der Waals surface area (Å²) in [5.74, 6) is 0.293. The van der Waals surface area contributed by atoms with E-state index in [1.807, 2.05) is 12.1 Å². The van der Waals surface area contributed by atoms with Crippen LogP contribution in [0.4, 0.5) is 11.6 Å². The number of hydrogen-bond acceptors (Lipinski definition) is 7. The molecule has 3 aromatic rings. The molecule has 150 valence electrons. The maximum Gasteiger partial charge on any atom is 0.246 e. The van der Waals surface area contributed by atoms with Crippen LogP contribution in [0.5, 0.6) is 0 Å². The Morgan fingerprint density at radius 2 is 1.86 bits per heavy atom. The number of rotatable bonds is 6. The van der Waals surface area contributed by atoms with Gasteiger partial charge in [-0.1, -0.05) is 0 Å². The molecule has 8 nitrogen and oxygen atoms in total. The third kappa shape index (κ3) is 5.47. The zero-order chi connectivity index (χ0) is 21.0. The normalized spacial score (nSPS) is 11.6. The van der Waals surface area contributed by atoms with E-state index in [0.29, 0.717) is 11.6 Å². The van der Waals surface area contributed by atoms with Crippen molar-refractivity contribution in [1.82, 2.24) is 14.9 Å². The Morgan fingerprint density at radius 1 is 1.14 bits per heavy atom. The van der Waals surface area contributed by atoms with Crippen LogP contribution in [0, 0.1) is 0 Å². The molecule has 29 heavy (non-hydrogen) atoms. The van der Waals surface area contributed by atoms with Crippen LogP contribution in [0.1, 0.15) is 4.88 Å². The lowest BCUT2D eigenvalue weighted by molar-refractivity contribution is -0.123. The van der Waals surface area contributed by atoms with E-state index in [2.05, 4.69) is 15.3 Å². The van der Waals surface area contributed by atoms with Crippen molar-refractivity contribution < 1.29 is 13.2 Å². The molecule has 0 atom stereocenters. The van der Waals surface area contributed by atoms with Gasteiger partial charge in [-0.2, -0.15) is 0 Å². The second-order valence-corrected chi connectivity index (χ2v) is 8.90. The maximum atomic E-state index is 11.7. The fourth-order valence-electron chi connectivity index (χ4n) is 2.30. The maximum absolute atomic E-state index is 11.7. The van der Waals surface area contributed by atoms with Crippen LogP contribution in [0.25, 0.3) is 16.6 Å². The van der Waals surface area contributed by atoms with Crippen molar-refractivity contribution >= 4 is 45.0 Å². The molecular weight excluding hydrogens is 410 g/mol. The second kappa shape index (κ2) is 8.52. The molecule has 2 heterocycles. The average Bonchev–Trinajstić information content (AvgIpc) is 3.15. The van der Waals surface area contributed by atoms with E-state index < -0.39 is 10.0 Å². The van der Waals surface area contributed by atoms with E-state index in [9.17, 15) is 13.2 Å². The van der Waals surface area contributed by atoms with Crippen LogP contribution in [-0.4, -0.2) is 43.3 Å². The number of amides is 1. The number of nitrogens with one attached hydrogen (secondary N) is 1. The number of likely N-dealkylation sites (N-methyl/N-ethyl adjacent to an activating group) is 1. The lowest BCUT2D eigenvalue weighted by atomic mass is 10.3. The lowest BCUT2D eigenvalue weighted by Crippen LogP contribution is -2.18. The van der Waals surface area contributed by atoms with Crippen molar-refractivity contribution in [3.05, 3.63) is 59.6 Å². The fraction of sp³-hybridized carbons (Fsp3) is 0.105. The predicted octanol–water partition coefficient (Wildman–Crippen LogP) is 2.70. The first kappa shape index (κ1) is 20.6. The number of carbonyl (C=O) groups is 1. The van der Waals surface area contributed by atoms with Crippen LogP contribution >= 0.6 is 11.3 Å². The summed E-state index contributed by atoms with van der Waals surface area (Å²) in [5, 5.41) is 8.14. The summed E-state index contributed by atoms with van der Waals surface area (Å²) in [6.07, 6.45) is 4.92. The van der Waals surface area contributed by atoms with Gasteiger partial charge < -0.3 is 10.2 Å². The number of nitrogens with zero attached hydrogens (tertiary/aromatic N) is 3. The van der Waals surface area contributed by atoms with Gasteiger partial charge in [-0.3, -0.25) is 4.79 Å². The quantitative estimate of drug-likeness (QED) is 0.582. The Balaban J connectivity index is 1.75. The molecule has 1 amide bonds. The highest BCUT2D eigenvalue weighted by Crippen LogP contribution is 2.28. The van der Waals surface area contributed by atoms with Gasteiger partial charge in [0.15, 0.2) is 0 Å². The van der Waals surface area contributed by atoms with Crippen molar-refractivity contribution in [2.45, 2.75) is 4.90 Å². The molecule has 0 bridgehead atoms. The Bertz CT molecular complexity index is 1150. The van der Waals surface area contributed by atoms with Crippen LogP contribution in [-0.2, 0) is 14.8 Å². The molecule has 3 N–H and O–H groups in total. The highest BCUT2D eigenvalue weighted by molar-refractivity contribution is 7.89. The zero-order valence-corrected chi connectivity index (χ0v) is 17.4. The van der Waals surface area contributed by atoms with Crippen LogP contribution in [0.2, 0.25) is 0 Å². The third-order valence-electron chi connectivity index (χ3n) is 3.80. The first-order valence-electron chi connectivity index (χ1n) is 8.45. The minimum absolute atomic E-state index is 0.0321. The van der Waals surface area contributed by atoms with E-state index >= 15 is 0 Å². The van der Waals surface area contributed by atoms with Crippen molar-refractivity contribution in [3.8, 4) is 10.6 Å². The standard InChI is InChI=1S/C19H19N5O3S2/c1-24(2)18(25)10-6-14-5-9-17(28-14)16-11-12-21-19(23-16)22-13-3-7-15(8-4-13)29(20,26)27/h3-12H,1-2H3,(H2,20,26,27)(H,21,22,23). The topological polar surface area (TPSA) is 118 Å². The summed E-state index contributed by atoms with van der Waals surface area (Å²) in [6.45, 7) is 0. The molecule has 0 aliphatic rings. The molecule has 0 aliphatic carbocycles. The predicted molar refractivity (Wildman–Crippen MR) is 114 cm³/mol. The number of benzene rings is 1. The number of anilines is 2.